The molecule has 0 saturated carbocycles. The van der Waals surface area contributed by atoms with Gasteiger partial charge in [-0.05, 0) is 30.2 Å². The Morgan fingerprint density at radius 3 is 2.43 bits per heavy atom. The van der Waals surface area contributed by atoms with Gasteiger partial charge in [0, 0.05) is 12.1 Å². The third-order valence-corrected chi connectivity index (χ3v) is 4.03. The highest BCUT2D eigenvalue weighted by Crippen LogP contribution is 2.41. The molecular formula is C15H12Cl2F3NO2. The summed E-state index contributed by atoms with van der Waals surface area (Å²) in [4.78, 5) is 11.6. The number of aliphatic hydroxyl groups is 1. The van der Waals surface area contributed by atoms with E-state index < -0.39 is 17.0 Å². The standard InChI is InChI=1S/C15H12Cl2F3NO2/c1-8-11(14(17)23)13(16)21(6-7-22)12(8)9-4-2-3-5-10(9)15(18,19)20/h2-5,22H,6-7H2,1H3. The first-order valence-corrected chi connectivity index (χ1v) is 7.31. The van der Waals surface area contributed by atoms with Crippen molar-refractivity contribution in [3.63, 3.8) is 0 Å². The van der Waals surface area contributed by atoms with E-state index in [0.717, 1.165) is 6.07 Å². The molecule has 1 heterocycles. The van der Waals surface area contributed by atoms with E-state index in [4.69, 9.17) is 28.3 Å². The second kappa shape index (κ2) is 6.55. The first-order valence-electron chi connectivity index (χ1n) is 6.56. The first-order chi connectivity index (χ1) is 10.7. The number of halogens is 5. The molecule has 0 aliphatic rings. The summed E-state index contributed by atoms with van der Waals surface area (Å²) in [5.74, 6) is 0. The second-order valence-electron chi connectivity index (χ2n) is 4.83. The van der Waals surface area contributed by atoms with Gasteiger partial charge in [0.2, 0.25) is 0 Å². The highest BCUT2D eigenvalue weighted by Gasteiger charge is 2.35. The van der Waals surface area contributed by atoms with Gasteiger partial charge in [0.1, 0.15) is 5.15 Å². The fourth-order valence-electron chi connectivity index (χ4n) is 2.53. The fourth-order valence-corrected chi connectivity index (χ4v) is 3.21. The number of carbonyl (C=O) groups excluding carboxylic acids is 1. The Morgan fingerprint density at radius 2 is 1.91 bits per heavy atom. The molecular weight excluding hydrogens is 354 g/mol. The van der Waals surface area contributed by atoms with Crippen LogP contribution in [0, 0.1) is 6.92 Å². The van der Waals surface area contributed by atoms with Crippen LogP contribution in [-0.2, 0) is 12.7 Å². The highest BCUT2D eigenvalue weighted by molar-refractivity contribution is 6.69. The van der Waals surface area contributed by atoms with E-state index in [1.54, 1.807) is 0 Å². The fraction of sp³-hybridized carbons (Fsp3) is 0.267. The Balaban J connectivity index is 2.84. The predicted molar refractivity (Wildman–Crippen MR) is 81.9 cm³/mol. The molecule has 0 amide bonds. The van der Waals surface area contributed by atoms with Crippen molar-refractivity contribution in [3.05, 3.63) is 46.1 Å². The number of alkyl halides is 3. The summed E-state index contributed by atoms with van der Waals surface area (Å²) in [6, 6.07) is 4.96. The Hall–Kier alpha value is -1.50. The van der Waals surface area contributed by atoms with Crippen molar-refractivity contribution in [1.29, 1.82) is 0 Å². The molecule has 1 aromatic heterocycles. The average Bonchev–Trinajstić information content (AvgIpc) is 2.69. The summed E-state index contributed by atoms with van der Waals surface area (Å²) in [5.41, 5.74) is -0.697. The quantitative estimate of drug-likeness (QED) is 0.810. The molecule has 2 aromatic rings. The van der Waals surface area contributed by atoms with Crippen LogP contribution >= 0.6 is 23.2 Å². The van der Waals surface area contributed by atoms with Crippen LogP contribution in [0.5, 0.6) is 0 Å². The summed E-state index contributed by atoms with van der Waals surface area (Å²) in [6.07, 6.45) is -4.57. The van der Waals surface area contributed by atoms with E-state index in [1.165, 1.54) is 29.7 Å². The van der Waals surface area contributed by atoms with Crippen molar-refractivity contribution < 1.29 is 23.1 Å². The van der Waals surface area contributed by atoms with Crippen LogP contribution in [0.25, 0.3) is 11.3 Å². The monoisotopic (exact) mass is 365 g/mol. The lowest BCUT2D eigenvalue weighted by Crippen LogP contribution is -2.10. The molecule has 1 aromatic carbocycles. The number of aromatic nitrogens is 1. The minimum Gasteiger partial charge on any atom is -0.395 e. The van der Waals surface area contributed by atoms with E-state index >= 15 is 0 Å². The number of aliphatic hydroxyl groups excluding tert-OH is 1. The van der Waals surface area contributed by atoms with E-state index in [0.29, 0.717) is 0 Å². The largest absolute Gasteiger partial charge is 0.417 e. The second-order valence-corrected chi connectivity index (χ2v) is 5.53. The summed E-state index contributed by atoms with van der Waals surface area (Å²) in [5, 5.41) is 8.20. The zero-order valence-electron chi connectivity index (χ0n) is 11.9. The highest BCUT2D eigenvalue weighted by atomic mass is 35.5. The van der Waals surface area contributed by atoms with Crippen molar-refractivity contribution >= 4 is 28.4 Å². The summed E-state index contributed by atoms with van der Waals surface area (Å²) >= 11 is 11.6. The zero-order valence-corrected chi connectivity index (χ0v) is 13.4. The molecule has 0 radical (unpaired) electrons. The van der Waals surface area contributed by atoms with Gasteiger partial charge in [-0.15, -0.1) is 0 Å². The van der Waals surface area contributed by atoms with Gasteiger partial charge in [-0.25, -0.2) is 0 Å². The summed E-state index contributed by atoms with van der Waals surface area (Å²) in [7, 11) is 0. The predicted octanol–water partition coefficient (Wildman–Crippen LogP) is 4.51. The van der Waals surface area contributed by atoms with Crippen LogP contribution in [0.1, 0.15) is 21.5 Å². The van der Waals surface area contributed by atoms with Crippen LogP contribution in [-0.4, -0.2) is 21.5 Å². The Kier molecular flexibility index (Phi) is 5.08. The average molecular weight is 366 g/mol. The maximum atomic E-state index is 13.3. The van der Waals surface area contributed by atoms with Crippen molar-refractivity contribution in [2.24, 2.45) is 0 Å². The SMILES string of the molecule is Cc1c(C(=O)Cl)c(Cl)n(CCO)c1-c1ccccc1C(F)(F)F. The number of hydrogen-bond donors (Lipinski definition) is 1. The van der Waals surface area contributed by atoms with Crippen LogP contribution in [0.4, 0.5) is 13.2 Å². The van der Waals surface area contributed by atoms with Crippen LogP contribution in [0.2, 0.25) is 5.15 Å². The number of benzene rings is 1. The molecule has 0 aliphatic heterocycles. The normalized spacial score (nSPS) is 11.8. The summed E-state index contributed by atoms with van der Waals surface area (Å²) < 4.78 is 41.1. The van der Waals surface area contributed by atoms with Crippen molar-refractivity contribution in [2.75, 3.05) is 6.61 Å². The van der Waals surface area contributed by atoms with Crippen molar-refractivity contribution in [1.82, 2.24) is 4.57 Å². The molecule has 0 fully saturated rings. The zero-order chi connectivity index (χ0) is 17.4. The number of rotatable bonds is 4. The van der Waals surface area contributed by atoms with Gasteiger partial charge in [-0.2, -0.15) is 13.2 Å². The molecule has 0 unspecified atom stereocenters. The number of carbonyl (C=O) groups is 1. The van der Waals surface area contributed by atoms with Gasteiger partial charge in [0.15, 0.2) is 0 Å². The molecule has 124 valence electrons. The first kappa shape index (κ1) is 17.8. The molecule has 0 saturated heterocycles. The van der Waals surface area contributed by atoms with Crippen LogP contribution in [0.3, 0.4) is 0 Å². The van der Waals surface area contributed by atoms with E-state index in [1.807, 2.05) is 0 Å². The van der Waals surface area contributed by atoms with E-state index in [9.17, 15) is 18.0 Å². The van der Waals surface area contributed by atoms with E-state index in [2.05, 4.69) is 0 Å². The minimum absolute atomic E-state index is 0.0613. The van der Waals surface area contributed by atoms with Crippen LogP contribution < -0.4 is 0 Å². The Bertz CT molecular complexity index is 754. The van der Waals surface area contributed by atoms with Crippen molar-refractivity contribution in [2.45, 2.75) is 19.6 Å². The Labute approximate surface area is 140 Å². The molecule has 0 bridgehead atoms. The van der Waals surface area contributed by atoms with E-state index in [-0.39, 0.29) is 40.7 Å². The van der Waals surface area contributed by atoms with Gasteiger partial charge in [0.25, 0.3) is 5.24 Å². The Morgan fingerprint density at radius 1 is 1.30 bits per heavy atom. The number of hydrogen-bond acceptors (Lipinski definition) is 2. The maximum absolute atomic E-state index is 13.3. The molecule has 3 nitrogen and oxygen atoms in total. The van der Waals surface area contributed by atoms with Crippen molar-refractivity contribution in [3.8, 4) is 11.3 Å². The third-order valence-electron chi connectivity index (χ3n) is 3.45. The lowest BCUT2D eigenvalue weighted by atomic mass is 10.0. The van der Waals surface area contributed by atoms with Gasteiger partial charge in [-0.3, -0.25) is 4.79 Å². The summed E-state index contributed by atoms with van der Waals surface area (Å²) in [6.45, 7) is 1.05. The molecule has 23 heavy (non-hydrogen) atoms. The number of nitrogens with zero attached hydrogens (tertiary/aromatic N) is 1. The smallest absolute Gasteiger partial charge is 0.395 e. The molecule has 0 aliphatic carbocycles. The van der Waals surface area contributed by atoms with Crippen LogP contribution in [0.15, 0.2) is 24.3 Å². The molecule has 0 atom stereocenters. The third kappa shape index (κ3) is 3.24. The molecule has 1 N–H and O–H groups in total. The lowest BCUT2D eigenvalue weighted by Gasteiger charge is -2.16. The minimum atomic E-state index is -4.57. The van der Waals surface area contributed by atoms with Gasteiger partial charge >= 0.3 is 6.18 Å². The van der Waals surface area contributed by atoms with Gasteiger partial charge in [0.05, 0.1) is 23.4 Å². The molecule has 0 spiro atoms. The topological polar surface area (TPSA) is 42.2 Å². The molecule has 8 heteroatoms. The van der Waals surface area contributed by atoms with Gasteiger partial charge in [-0.1, -0.05) is 29.8 Å². The van der Waals surface area contributed by atoms with Gasteiger partial charge < -0.3 is 9.67 Å². The molecule has 2 rings (SSSR count). The lowest BCUT2D eigenvalue weighted by molar-refractivity contribution is -0.137. The maximum Gasteiger partial charge on any atom is 0.417 e.